The molecular formula is C19H18ClN3OS2. The molecule has 0 fully saturated rings. The second kappa shape index (κ2) is 8.58. The van der Waals surface area contributed by atoms with Crippen LogP contribution in [-0.4, -0.2) is 16.0 Å². The summed E-state index contributed by atoms with van der Waals surface area (Å²) in [4.78, 5) is 16.4. The van der Waals surface area contributed by atoms with E-state index in [9.17, 15) is 4.79 Å². The van der Waals surface area contributed by atoms with Gasteiger partial charge in [0.05, 0.1) is 15.2 Å². The van der Waals surface area contributed by atoms with E-state index in [-0.39, 0.29) is 11.0 Å². The number of thiocarbonyl (C=S) groups is 1. The van der Waals surface area contributed by atoms with Gasteiger partial charge < -0.3 is 10.6 Å². The zero-order chi connectivity index (χ0) is 18.5. The SMILES string of the molecule is CCCCC(=O)NC(=S)Nc1ccc(Cl)c(-c2nc3ccccc3s2)c1. The summed E-state index contributed by atoms with van der Waals surface area (Å²) < 4.78 is 1.11. The number of amides is 1. The molecule has 0 saturated carbocycles. The number of rotatable bonds is 5. The zero-order valence-corrected chi connectivity index (χ0v) is 16.6. The fourth-order valence-corrected chi connectivity index (χ4v) is 3.93. The van der Waals surface area contributed by atoms with Crippen molar-refractivity contribution in [2.75, 3.05) is 5.32 Å². The van der Waals surface area contributed by atoms with Crippen LogP contribution in [0.3, 0.4) is 0 Å². The number of aromatic nitrogens is 1. The van der Waals surface area contributed by atoms with Crippen LogP contribution in [-0.2, 0) is 4.79 Å². The van der Waals surface area contributed by atoms with Crippen molar-refractivity contribution in [2.45, 2.75) is 26.2 Å². The van der Waals surface area contributed by atoms with Gasteiger partial charge in [0.2, 0.25) is 5.91 Å². The summed E-state index contributed by atoms with van der Waals surface area (Å²) in [6.45, 7) is 2.04. The normalized spacial score (nSPS) is 10.7. The number of thiazole rings is 1. The topological polar surface area (TPSA) is 54.0 Å². The first-order chi connectivity index (χ1) is 12.6. The van der Waals surface area contributed by atoms with Crippen LogP contribution in [0.25, 0.3) is 20.8 Å². The molecule has 2 N–H and O–H groups in total. The van der Waals surface area contributed by atoms with Gasteiger partial charge in [0.1, 0.15) is 5.01 Å². The average Bonchev–Trinajstić information content (AvgIpc) is 3.05. The number of unbranched alkanes of at least 4 members (excludes halogenated alkanes) is 1. The first-order valence-corrected chi connectivity index (χ1v) is 9.93. The van der Waals surface area contributed by atoms with Gasteiger partial charge in [-0.15, -0.1) is 11.3 Å². The number of carbonyl (C=O) groups excluding carboxylic acids is 1. The summed E-state index contributed by atoms with van der Waals surface area (Å²) in [6, 6.07) is 13.5. The van der Waals surface area contributed by atoms with Crippen LogP contribution in [0.2, 0.25) is 5.02 Å². The van der Waals surface area contributed by atoms with Crippen LogP contribution in [0.15, 0.2) is 42.5 Å². The molecule has 7 heteroatoms. The summed E-state index contributed by atoms with van der Waals surface area (Å²) in [5, 5.41) is 7.48. The Kier molecular flexibility index (Phi) is 6.19. The fourth-order valence-electron chi connectivity index (χ4n) is 2.44. The molecule has 0 aliphatic rings. The molecule has 2 aromatic carbocycles. The van der Waals surface area contributed by atoms with Gasteiger partial charge in [0, 0.05) is 17.7 Å². The molecule has 3 rings (SSSR count). The third-order valence-corrected chi connectivity index (χ3v) is 5.36. The second-order valence-corrected chi connectivity index (χ2v) is 7.63. The first-order valence-electron chi connectivity index (χ1n) is 8.33. The molecule has 0 radical (unpaired) electrons. The van der Waals surface area contributed by atoms with Crippen molar-refractivity contribution in [1.29, 1.82) is 0 Å². The van der Waals surface area contributed by atoms with E-state index in [1.807, 2.05) is 43.3 Å². The van der Waals surface area contributed by atoms with Crippen molar-refractivity contribution < 1.29 is 4.79 Å². The predicted octanol–water partition coefficient (Wildman–Crippen LogP) is 5.62. The van der Waals surface area contributed by atoms with Crippen LogP contribution in [0, 0.1) is 0 Å². The number of fused-ring (bicyclic) bond motifs is 1. The highest BCUT2D eigenvalue weighted by atomic mass is 35.5. The van der Waals surface area contributed by atoms with E-state index in [1.54, 1.807) is 17.4 Å². The smallest absolute Gasteiger partial charge is 0.226 e. The van der Waals surface area contributed by atoms with Crippen molar-refractivity contribution in [2.24, 2.45) is 0 Å². The van der Waals surface area contributed by atoms with Gasteiger partial charge in [-0.05, 0) is 49.0 Å². The Labute approximate surface area is 166 Å². The Balaban J connectivity index is 1.77. The molecule has 1 aromatic heterocycles. The highest BCUT2D eigenvalue weighted by Gasteiger charge is 2.11. The highest BCUT2D eigenvalue weighted by molar-refractivity contribution is 7.80. The molecule has 0 saturated heterocycles. The van der Waals surface area contributed by atoms with Crippen LogP contribution < -0.4 is 10.6 Å². The lowest BCUT2D eigenvalue weighted by Gasteiger charge is -2.11. The quantitative estimate of drug-likeness (QED) is 0.543. The Morgan fingerprint density at radius 3 is 2.85 bits per heavy atom. The summed E-state index contributed by atoms with van der Waals surface area (Å²) in [6.07, 6.45) is 2.28. The third kappa shape index (κ3) is 4.58. The predicted molar refractivity (Wildman–Crippen MR) is 114 cm³/mol. The van der Waals surface area contributed by atoms with Crippen molar-refractivity contribution >= 4 is 62.1 Å². The molecule has 0 atom stereocenters. The lowest BCUT2D eigenvalue weighted by molar-refractivity contribution is -0.119. The minimum absolute atomic E-state index is 0.0790. The molecule has 0 spiro atoms. The number of anilines is 1. The molecule has 0 aliphatic heterocycles. The standard InChI is InChI=1S/C19H18ClN3OS2/c1-2-3-8-17(24)23-19(25)21-12-9-10-14(20)13(11-12)18-22-15-6-4-5-7-16(15)26-18/h4-7,9-11H,2-3,8H2,1H3,(H2,21,23,24,25). The number of benzene rings is 2. The maximum Gasteiger partial charge on any atom is 0.226 e. The zero-order valence-electron chi connectivity index (χ0n) is 14.2. The maximum atomic E-state index is 11.8. The number of nitrogens with one attached hydrogen (secondary N) is 2. The van der Waals surface area contributed by atoms with E-state index >= 15 is 0 Å². The van der Waals surface area contributed by atoms with Crippen molar-refractivity contribution in [3.05, 3.63) is 47.5 Å². The van der Waals surface area contributed by atoms with Gasteiger partial charge in [-0.1, -0.05) is 37.1 Å². The Bertz CT molecular complexity index is 922. The number of hydrogen-bond donors (Lipinski definition) is 2. The van der Waals surface area contributed by atoms with Crippen LogP contribution in [0.1, 0.15) is 26.2 Å². The molecule has 3 aromatic rings. The number of halogens is 1. The molecule has 0 bridgehead atoms. The van der Waals surface area contributed by atoms with E-state index in [0.29, 0.717) is 11.4 Å². The second-order valence-electron chi connectivity index (χ2n) is 5.79. The Morgan fingerprint density at radius 1 is 1.27 bits per heavy atom. The largest absolute Gasteiger partial charge is 0.332 e. The number of nitrogens with zero attached hydrogens (tertiary/aromatic N) is 1. The molecule has 0 aliphatic carbocycles. The molecule has 0 unspecified atom stereocenters. The van der Waals surface area contributed by atoms with E-state index in [1.165, 1.54) is 0 Å². The van der Waals surface area contributed by atoms with Gasteiger partial charge in [-0.25, -0.2) is 4.98 Å². The van der Waals surface area contributed by atoms with Crippen LogP contribution in [0.4, 0.5) is 5.69 Å². The molecule has 1 amide bonds. The fraction of sp³-hybridized carbons (Fsp3) is 0.211. The number of carbonyl (C=O) groups is 1. The van der Waals surface area contributed by atoms with Gasteiger partial charge in [0.25, 0.3) is 0 Å². The summed E-state index contributed by atoms with van der Waals surface area (Å²) >= 11 is 13.2. The van der Waals surface area contributed by atoms with Gasteiger partial charge in [-0.3, -0.25) is 4.79 Å². The third-order valence-electron chi connectivity index (χ3n) is 3.76. The molecule has 1 heterocycles. The van der Waals surface area contributed by atoms with E-state index in [0.717, 1.165) is 39.3 Å². The van der Waals surface area contributed by atoms with Crippen molar-refractivity contribution in [1.82, 2.24) is 10.3 Å². The van der Waals surface area contributed by atoms with Crippen molar-refractivity contribution in [3.8, 4) is 10.6 Å². The van der Waals surface area contributed by atoms with E-state index in [2.05, 4.69) is 15.6 Å². The average molecular weight is 404 g/mol. The first kappa shape index (κ1) is 18.8. The van der Waals surface area contributed by atoms with E-state index in [4.69, 9.17) is 23.8 Å². The minimum Gasteiger partial charge on any atom is -0.332 e. The maximum absolute atomic E-state index is 11.8. The van der Waals surface area contributed by atoms with Crippen LogP contribution >= 0.6 is 35.2 Å². The van der Waals surface area contributed by atoms with Gasteiger partial charge in [0.15, 0.2) is 5.11 Å². The number of para-hydroxylation sites is 1. The lowest BCUT2D eigenvalue weighted by atomic mass is 10.2. The molecular weight excluding hydrogens is 386 g/mol. The van der Waals surface area contributed by atoms with Gasteiger partial charge >= 0.3 is 0 Å². The van der Waals surface area contributed by atoms with Gasteiger partial charge in [-0.2, -0.15) is 0 Å². The summed E-state index contributed by atoms with van der Waals surface area (Å²) in [5.41, 5.74) is 2.53. The lowest BCUT2D eigenvalue weighted by Crippen LogP contribution is -2.33. The summed E-state index contributed by atoms with van der Waals surface area (Å²) in [7, 11) is 0. The van der Waals surface area contributed by atoms with Crippen LogP contribution in [0.5, 0.6) is 0 Å². The van der Waals surface area contributed by atoms with E-state index < -0.39 is 0 Å². The molecule has 134 valence electrons. The Morgan fingerprint density at radius 2 is 2.08 bits per heavy atom. The minimum atomic E-state index is -0.0790. The molecule has 4 nitrogen and oxygen atoms in total. The Hall–Kier alpha value is -2.02. The highest BCUT2D eigenvalue weighted by Crippen LogP contribution is 2.35. The number of hydrogen-bond acceptors (Lipinski definition) is 4. The van der Waals surface area contributed by atoms with Crippen molar-refractivity contribution in [3.63, 3.8) is 0 Å². The summed E-state index contributed by atoms with van der Waals surface area (Å²) in [5.74, 6) is -0.0790. The monoisotopic (exact) mass is 403 g/mol. The molecule has 26 heavy (non-hydrogen) atoms.